The molecule has 0 aliphatic rings. The zero-order chi connectivity index (χ0) is 17.4. The normalized spacial score (nSPS) is 11.1. The quantitative estimate of drug-likeness (QED) is 0.603. The van der Waals surface area contributed by atoms with Gasteiger partial charge in [0.2, 0.25) is 11.8 Å². The Bertz CT molecular complexity index is 678. The summed E-state index contributed by atoms with van der Waals surface area (Å²) in [5, 5.41) is 14.2. The summed E-state index contributed by atoms with van der Waals surface area (Å²) in [5.41, 5.74) is 7.74. The lowest BCUT2D eigenvalue weighted by Gasteiger charge is -2.10. The fourth-order valence-electron chi connectivity index (χ4n) is 2.08. The standard InChI is InChI=1S/C18H21N3O3.ClH/c19-16(12-22)18(24)21-15-9-7-14(8-10-15)20-17(23)11-6-13-4-2-1-3-5-13;/h1-5,7-10,16,22H,6,11-12,19H2,(H,20,23)(H,21,24);1H/t16-;/m0./s1. The first-order valence-corrected chi connectivity index (χ1v) is 7.69. The third-order valence-corrected chi connectivity index (χ3v) is 3.45. The zero-order valence-corrected chi connectivity index (χ0v) is 14.5. The second kappa shape index (κ2) is 10.5. The van der Waals surface area contributed by atoms with Crippen LogP contribution in [0.1, 0.15) is 12.0 Å². The van der Waals surface area contributed by atoms with Crippen molar-refractivity contribution in [1.29, 1.82) is 0 Å². The highest BCUT2D eigenvalue weighted by atomic mass is 35.5. The summed E-state index contributed by atoms with van der Waals surface area (Å²) < 4.78 is 0. The topological polar surface area (TPSA) is 104 Å². The second-order valence-corrected chi connectivity index (χ2v) is 5.39. The molecule has 2 amide bonds. The molecule has 0 aliphatic heterocycles. The SMILES string of the molecule is Cl.N[C@@H](CO)C(=O)Nc1ccc(NC(=O)CCc2ccccc2)cc1. The lowest BCUT2D eigenvalue weighted by molar-refractivity contribution is -0.118. The Hall–Kier alpha value is -2.41. The molecular formula is C18H22ClN3O3. The number of amides is 2. The number of hydrogen-bond acceptors (Lipinski definition) is 4. The number of carbonyl (C=O) groups is 2. The van der Waals surface area contributed by atoms with Crippen LogP contribution in [0, 0.1) is 0 Å². The predicted octanol–water partition coefficient (Wildman–Crippen LogP) is 1.94. The molecule has 0 bridgehead atoms. The Morgan fingerprint density at radius 1 is 0.960 bits per heavy atom. The van der Waals surface area contributed by atoms with Gasteiger partial charge in [-0.2, -0.15) is 0 Å². The van der Waals surface area contributed by atoms with Crippen molar-refractivity contribution in [3.05, 3.63) is 60.2 Å². The molecule has 7 heteroatoms. The van der Waals surface area contributed by atoms with Crippen molar-refractivity contribution in [3.8, 4) is 0 Å². The van der Waals surface area contributed by atoms with Crippen molar-refractivity contribution in [2.24, 2.45) is 5.73 Å². The number of benzene rings is 2. The molecule has 0 spiro atoms. The van der Waals surface area contributed by atoms with E-state index in [9.17, 15) is 9.59 Å². The highest BCUT2D eigenvalue weighted by Crippen LogP contribution is 2.14. The Labute approximate surface area is 152 Å². The number of nitrogens with one attached hydrogen (secondary N) is 2. The average Bonchev–Trinajstić information content (AvgIpc) is 2.61. The number of hydrogen-bond donors (Lipinski definition) is 4. The molecule has 5 N–H and O–H groups in total. The van der Waals surface area contributed by atoms with Crippen molar-refractivity contribution >= 4 is 35.6 Å². The summed E-state index contributed by atoms with van der Waals surface area (Å²) in [6.45, 7) is -0.415. The molecule has 2 rings (SSSR count). The molecule has 0 saturated carbocycles. The largest absolute Gasteiger partial charge is 0.394 e. The first kappa shape index (κ1) is 20.6. The number of aliphatic hydroxyl groups is 1. The van der Waals surface area contributed by atoms with E-state index in [1.54, 1.807) is 24.3 Å². The van der Waals surface area contributed by atoms with Crippen molar-refractivity contribution < 1.29 is 14.7 Å². The molecule has 0 heterocycles. The lowest BCUT2D eigenvalue weighted by atomic mass is 10.1. The monoisotopic (exact) mass is 363 g/mol. The van der Waals surface area contributed by atoms with Gasteiger partial charge in [0.1, 0.15) is 6.04 Å². The lowest BCUT2D eigenvalue weighted by Crippen LogP contribution is -2.38. The molecule has 134 valence electrons. The van der Waals surface area contributed by atoms with Crippen LogP contribution in [-0.4, -0.2) is 29.6 Å². The van der Waals surface area contributed by atoms with E-state index in [-0.39, 0.29) is 18.3 Å². The Morgan fingerprint density at radius 3 is 2.08 bits per heavy atom. The van der Waals surface area contributed by atoms with Gasteiger partial charge in [-0.25, -0.2) is 0 Å². The van der Waals surface area contributed by atoms with E-state index >= 15 is 0 Å². The number of carbonyl (C=O) groups excluding carboxylic acids is 2. The number of halogens is 1. The van der Waals surface area contributed by atoms with E-state index < -0.39 is 18.6 Å². The molecule has 0 radical (unpaired) electrons. The smallest absolute Gasteiger partial charge is 0.243 e. The van der Waals surface area contributed by atoms with Crippen LogP contribution in [0.2, 0.25) is 0 Å². The number of nitrogens with two attached hydrogens (primary N) is 1. The summed E-state index contributed by atoms with van der Waals surface area (Å²) in [7, 11) is 0. The van der Waals surface area contributed by atoms with Crippen LogP contribution in [0.25, 0.3) is 0 Å². The summed E-state index contributed by atoms with van der Waals surface area (Å²) in [4.78, 5) is 23.5. The van der Waals surface area contributed by atoms with E-state index in [0.29, 0.717) is 24.2 Å². The molecule has 0 unspecified atom stereocenters. The van der Waals surface area contributed by atoms with E-state index in [2.05, 4.69) is 10.6 Å². The van der Waals surface area contributed by atoms with Crippen LogP contribution < -0.4 is 16.4 Å². The molecule has 2 aromatic rings. The molecule has 2 aromatic carbocycles. The van der Waals surface area contributed by atoms with Crippen LogP contribution in [0.5, 0.6) is 0 Å². The second-order valence-electron chi connectivity index (χ2n) is 5.39. The Kier molecular flexibility index (Phi) is 8.63. The average molecular weight is 364 g/mol. The van der Waals surface area contributed by atoms with Gasteiger partial charge < -0.3 is 21.5 Å². The highest BCUT2D eigenvalue weighted by molar-refractivity contribution is 5.95. The van der Waals surface area contributed by atoms with E-state index in [0.717, 1.165) is 5.56 Å². The molecule has 0 aromatic heterocycles. The van der Waals surface area contributed by atoms with Crippen molar-refractivity contribution in [2.45, 2.75) is 18.9 Å². The minimum absolute atomic E-state index is 0. The predicted molar refractivity (Wildman–Crippen MR) is 101 cm³/mol. The van der Waals surface area contributed by atoms with E-state index in [1.165, 1.54) is 0 Å². The molecule has 6 nitrogen and oxygen atoms in total. The first-order chi connectivity index (χ1) is 11.6. The first-order valence-electron chi connectivity index (χ1n) is 7.69. The molecule has 1 atom stereocenters. The van der Waals surface area contributed by atoms with Crippen LogP contribution in [0.3, 0.4) is 0 Å². The van der Waals surface area contributed by atoms with Crippen molar-refractivity contribution in [3.63, 3.8) is 0 Å². The van der Waals surface area contributed by atoms with E-state index in [4.69, 9.17) is 10.8 Å². The van der Waals surface area contributed by atoms with Gasteiger partial charge in [-0.15, -0.1) is 12.4 Å². The van der Waals surface area contributed by atoms with Gasteiger partial charge in [0.05, 0.1) is 6.61 Å². The van der Waals surface area contributed by atoms with Gasteiger partial charge in [-0.05, 0) is 36.2 Å². The number of aliphatic hydroxyl groups excluding tert-OH is 1. The van der Waals surface area contributed by atoms with E-state index in [1.807, 2.05) is 30.3 Å². The Morgan fingerprint density at radius 2 is 1.52 bits per heavy atom. The van der Waals surface area contributed by atoms with Gasteiger partial charge in [0.25, 0.3) is 0 Å². The summed E-state index contributed by atoms with van der Waals surface area (Å²) in [6.07, 6.45) is 1.08. The number of aryl methyl sites for hydroxylation is 1. The maximum Gasteiger partial charge on any atom is 0.243 e. The minimum Gasteiger partial charge on any atom is -0.394 e. The van der Waals surface area contributed by atoms with Gasteiger partial charge in [0, 0.05) is 17.8 Å². The maximum atomic E-state index is 12.0. The maximum absolute atomic E-state index is 12.0. The third-order valence-electron chi connectivity index (χ3n) is 3.45. The summed E-state index contributed by atoms with van der Waals surface area (Å²) in [5.74, 6) is -0.532. The van der Waals surface area contributed by atoms with Crippen molar-refractivity contribution in [1.82, 2.24) is 0 Å². The van der Waals surface area contributed by atoms with Gasteiger partial charge >= 0.3 is 0 Å². The Balaban J connectivity index is 0.00000312. The van der Waals surface area contributed by atoms with Gasteiger partial charge in [-0.1, -0.05) is 30.3 Å². The molecule has 25 heavy (non-hydrogen) atoms. The van der Waals surface area contributed by atoms with Crippen LogP contribution in [-0.2, 0) is 16.0 Å². The van der Waals surface area contributed by atoms with Crippen LogP contribution in [0.4, 0.5) is 11.4 Å². The number of rotatable bonds is 7. The third kappa shape index (κ3) is 6.93. The van der Waals surface area contributed by atoms with Crippen LogP contribution in [0.15, 0.2) is 54.6 Å². The highest BCUT2D eigenvalue weighted by Gasteiger charge is 2.11. The summed E-state index contributed by atoms with van der Waals surface area (Å²) >= 11 is 0. The number of anilines is 2. The van der Waals surface area contributed by atoms with Gasteiger partial charge in [0.15, 0.2) is 0 Å². The van der Waals surface area contributed by atoms with Gasteiger partial charge in [-0.3, -0.25) is 9.59 Å². The minimum atomic E-state index is -0.956. The molecule has 0 fully saturated rings. The summed E-state index contributed by atoms with van der Waals surface area (Å²) in [6, 6.07) is 15.6. The fraction of sp³-hybridized carbons (Fsp3) is 0.222. The van der Waals surface area contributed by atoms with Crippen molar-refractivity contribution in [2.75, 3.05) is 17.2 Å². The molecule has 0 aliphatic carbocycles. The zero-order valence-electron chi connectivity index (χ0n) is 13.6. The van der Waals surface area contributed by atoms with Crippen LogP contribution >= 0.6 is 12.4 Å². The molecule has 0 saturated heterocycles. The fourth-order valence-corrected chi connectivity index (χ4v) is 2.08. The molecular weight excluding hydrogens is 342 g/mol.